The van der Waals surface area contributed by atoms with E-state index in [1.807, 2.05) is 0 Å². The lowest BCUT2D eigenvalue weighted by Crippen LogP contribution is -2.38. The van der Waals surface area contributed by atoms with E-state index in [9.17, 15) is 4.79 Å². The van der Waals surface area contributed by atoms with E-state index in [2.05, 4.69) is 15.4 Å². The van der Waals surface area contributed by atoms with Crippen molar-refractivity contribution in [2.75, 3.05) is 19.6 Å². The smallest absolute Gasteiger partial charge is 0.254 e. The Hall–Kier alpha value is -0.900. The Morgan fingerprint density at radius 3 is 2.41 bits per heavy atom. The van der Waals surface area contributed by atoms with E-state index >= 15 is 0 Å². The second-order valence-electron chi connectivity index (χ2n) is 5.11. The maximum atomic E-state index is 11.7. The van der Waals surface area contributed by atoms with Crippen LogP contribution in [-0.4, -0.2) is 36.2 Å². The van der Waals surface area contributed by atoms with Crippen LogP contribution in [0, 0.1) is 0 Å². The Morgan fingerprint density at radius 2 is 1.71 bits per heavy atom. The first kappa shape index (κ1) is 12.6. The van der Waals surface area contributed by atoms with Gasteiger partial charge in [0.1, 0.15) is 0 Å². The van der Waals surface area contributed by atoms with Crippen molar-refractivity contribution in [1.29, 1.82) is 0 Å². The molecule has 1 amide bonds. The van der Waals surface area contributed by atoms with Crippen LogP contribution in [0.25, 0.3) is 0 Å². The molecule has 4 heteroatoms. The average Bonchev–Trinajstić information content (AvgIpc) is 2.39. The van der Waals surface area contributed by atoms with Crippen molar-refractivity contribution >= 4 is 11.6 Å². The predicted molar refractivity (Wildman–Crippen MR) is 69.0 cm³/mol. The molecule has 1 aliphatic carbocycles. The lowest BCUT2D eigenvalue weighted by molar-refractivity contribution is -0.122. The highest BCUT2D eigenvalue weighted by molar-refractivity contribution is 5.87. The number of nitrogens with zero attached hydrogens (tertiary/aromatic N) is 2. The van der Waals surface area contributed by atoms with Gasteiger partial charge in [0.2, 0.25) is 0 Å². The summed E-state index contributed by atoms with van der Waals surface area (Å²) in [6.07, 6.45) is 9.63. The first-order chi connectivity index (χ1) is 8.34. The number of carbonyl (C=O) groups excluding carboxylic acids is 1. The molecule has 4 nitrogen and oxygen atoms in total. The third-order valence-electron chi connectivity index (χ3n) is 3.59. The summed E-state index contributed by atoms with van der Waals surface area (Å²) in [6.45, 7) is 2.63. The molecule has 1 saturated carbocycles. The van der Waals surface area contributed by atoms with Crippen molar-refractivity contribution in [1.82, 2.24) is 10.3 Å². The predicted octanol–water partition coefficient (Wildman–Crippen LogP) is 1.91. The Bertz CT molecular complexity index is 274. The third kappa shape index (κ3) is 4.46. The molecule has 0 aromatic rings. The molecule has 2 rings (SSSR count). The van der Waals surface area contributed by atoms with Gasteiger partial charge in [0.25, 0.3) is 5.91 Å². The monoisotopic (exact) mass is 237 g/mol. The molecule has 0 radical (unpaired) electrons. The van der Waals surface area contributed by atoms with Crippen LogP contribution >= 0.6 is 0 Å². The zero-order valence-electron chi connectivity index (χ0n) is 10.6. The quantitative estimate of drug-likeness (QED) is 0.762. The number of likely N-dealkylation sites (tertiary alicyclic amines) is 1. The summed E-state index contributed by atoms with van der Waals surface area (Å²) in [5.74, 6) is 0.0463. The number of hydrazone groups is 1. The van der Waals surface area contributed by atoms with Crippen LogP contribution in [0.3, 0.4) is 0 Å². The maximum Gasteiger partial charge on any atom is 0.254 e. The second-order valence-corrected chi connectivity index (χ2v) is 5.11. The molecule has 0 atom stereocenters. The molecule has 1 aliphatic heterocycles. The van der Waals surface area contributed by atoms with Gasteiger partial charge in [-0.25, -0.2) is 5.43 Å². The van der Waals surface area contributed by atoms with Crippen LogP contribution in [0.5, 0.6) is 0 Å². The lowest BCUT2D eigenvalue weighted by Gasteiger charge is -2.25. The highest BCUT2D eigenvalue weighted by atomic mass is 16.2. The Kier molecular flexibility index (Phi) is 4.98. The van der Waals surface area contributed by atoms with Gasteiger partial charge in [0.05, 0.1) is 6.54 Å². The van der Waals surface area contributed by atoms with E-state index in [0.29, 0.717) is 6.54 Å². The number of hydrogen-bond donors (Lipinski definition) is 1. The maximum absolute atomic E-state index is 11.7. The first-order valence-corrected chi connectivity index (χ1v) is 6.91. The molecule has 0 bridgehead atoms. The number of amides is 1. The van der Waals surface area contributed by atoms with Crippen LogP contribution in [-0.2, 0) is 4.79 Å². The molecular formula is C13H23N3O. The highest BCUT2D eigenvalue weighted by Gasteiger charge is 2.13. The van der Waals surface area contributed by atoms with Gasteiger partial charge in [-0.05, 0) is 51.6 Å². The SMILES string of the molecule is O=C(CN1CCCCC1)NN=C1CCCCC1. The molecule has 96 valence electrons. The van der Waals surface area contributed by atoms with Crippen LogP contribution in [0.15, 0.2) is 5.10 Å². The zero-order chi connectivity index (χ0) is 11.9. The van der Waals surface area contributed by atoms with Crippen molar-refractivity contribution in [3.63, 3.8) is 0 Å². The normalized spacial score (nSPS) is 22.2. The topological polar surface area (TPSA) is 44.7 Å². The molecule has 2 aliphatic rings. The van der Waals surface area contributed by atoms with Crippen LogP contribution in [0.1, 0.15) is 51.4 Å². The Labute approximate surface area is 103 Å². The van der Waals surface area contributed by atoms with Gasteiger partial charge in [-0.2, -0.15) is 5.10 Å². The number of piperidine rings is 1. The zero-order valence-corrected chi connectivity index (χ0v) is 10.6. The lowest BCUT2D eigenvalue weighted by atomic mass is 9.99. The van der Waals surface area contributed by atoms with E-state index in [-0.39, 0.29) is 5.91 Å². The molecule has 0 spiro atoms. The molecule has 1 saturated heterocycles. The fourth-order valence-corrected chi connectivity index (χ4v) is 2.57. The van der Waals surface area contributed by atoms with Crippen molar-refractivity contribution < 1.29 is 4.79 Å². The first-order valence-electron chi connectivity index (χ1n) is 6.91. The molecule has 0 unspecified atom stereocenters. The van der Waals surface area contributed by atoms with E-state index < -0.39 is 0 Å². The summed E-state index contributed by atoms with van der Waals surface area (Å²) in [4.78, 5) is 13.9. The molecule has 2 fully saturated rings. The van der Waals surface area contributed by atoms with E-state index in [1.54, 1.807) is 0 Å². The highest BCUT2D eigenvalue weighted by Crippen LogP contribution is 2.14. The van der Waals surface area contributed by atoms with Crippen LogP contribution in [0.4, 0.5) is 0 Å². The summed E-state index contributed by atoms with van der Waals surface area (Å²) in [7, 11) is 0. The van der Waals surface area contributed by atoms with Gasteiger partial charge in [0, 0.05) is 5.71 Å². The number of nitrogens with one attached hydrogen (secondary N) is 1. The molecular weight excluding hydrogens is 214 g/mol. The summed E-state index contributed by atoms with van der Waals surface area (Å²) in [5, 5.41) is 4.24. The van der Waals surface area contributed by atoms with Gasteiger partial charge < -0.3 is 0 Å². The molecule has 1 N–H and O–H groups in total. The van der Waals surface area contributed by atoms with Gasteiger partial charge in [-0.15, -0.1) is 0 Å². The molecule has 0 aromatic heterocycles. The fourth-order valence-electron chi connectivity index (χ4n) is 2.57. The van der Waals surface area contributed by atoms with Gasteiger partial charge in [-0.3, -0.25) is 9.69 Å². The number of hydrogen-bond acceptors (Lipinski definition) is 3. The number of carbonyl (C=O) groups is 1. The number of rotatable bonds is 3. The van der Waals surface area contributed by atoms with Crippen molar-refractivity contribution in [2.24, 2.45) is 5.10 Å². The molecule has 1 heterocycles. The summed E-state index contributed by atoms with van der Waals surface area (Å²) in [5.41, 5.74) is 3.88. The minimum atomic E-state index is 0.0463. The van der Waals surface area contributed by atoms with Crippen molar-refractivity contribution in [3.05, 3.63) is 0 Å². The Morgan fingerprint density at radius 1 is 1.06 bits per heavy atom. The van der Waals surface area contributed by atoms with Crippen LogP contribution in [0.2, 0.25) is 0 Å². The Balaban J connectivity index is 1.69. The largest absolute Gasteiger partial charge is 0.294 e. The summed E-state index contributed by atoms with van der Waals surface area (Å²) >= 11 is 0. The van der Waals surface area contributed by atoms with Gasteiger partial charge in [-0.1, -0.05) is 12.8 Å². The minimum Gasteiger partial charge on any atom is -0.294 e. The van der Waals surface area contributed by atoms with E-state index in [0.717, 1.165) is 25.9 Å². The second kappa shape index (κ2) is 6.74. The summed E-state index contributed by atoms with van der Waals surface area (Å²) < 4.78 is 0. The summed E-state index contributed by atoms with van der Waals surface area (Å²) in [6, 6.07) is 0. The van der Waals surface area contributed by atoms with E-state index in [1.165, 1.54) is 44.2 Å². The van der Waals surface area contributed by atoms with Crippen LogP contribution < -0.4 is 5.43 Å². The van der Waals surface area contributed by atoms with Gasteiger partial charge in [0.15, 0.2) is 0 Å². The standard InChI is InChI=1S/C13H23N3O/c17-13(11-16-9-5-2-6-10-16)15-14-12-7-3-1-4-8-12/h1-11H2,(H,15,17). The minimum absolute atomic E-state index is 0.0463. The van der Waals surface area contributed by atoms with Crippen molar-refractivity contribution in [3.8, 4) is 0 Å². The molecule has 0 aromatic carbocycles. The van der Waals surface area contributed by atoms with E-state index in [4.69, 9.17) is 0 Å². The van der Waals surface area contributed by atoms with Crippen molar-refractivity contribution in [2.45, 2.75) is 51.4 Å². The fraction of sp³-hybridized carbons (Fsp3) is 0.846. The molecule has 17 heavy (non-hydrogen) atoms. The third-order valence-corrected chi connectivity index (χ3v) is 3.59. The van der Waals surface area contributed by atoms with Gasteiger partial charge >= 0.3 is 0 Å². The average molecular weight is 237 g/mol.